The summed E-state index contributed by atoms with van der Waals surface area (Å²) in [4.78, 5) is 1.03. The van der Waals surface area contributed by atoms with Gasteiger partial charge in [0.2, 0.25) is 0 Å². The second-order valence-electron chi connectivity index (χ2n) is 2.77. The molecule has 0 atom stereocenters. The summed E-state index contributed by atoms with van der Waals surface area (Å²) < 4.78 is 0.758. The molecule has 0 bridgehead atoms. The molecule has 0 fully saturated rings. The van der Waals surface area contributed by atoms with Gasteiger partial charge < -0.3 is 5.32 Å². The average Bonchev–Trinajstić information content (AvgIpc) is 2.62. The van der Waals surface area contributed by atoms with Crippen molar-refractivity contribution >= 4 is 46.0 Å². The number of thiocarbonyl (C=S) groups is 1. The maximum absolute atomic E-state index is 5.82. The molecule has 0 spiro atoms. The summed E-state index contributed by atoms with van der Waals surface area (Å²) in [6.07, 6.45) is 0. The Labute approximate surface area is 104 Å². The van der Waals surface area contributed by atoms with Crippen molar-refractivity contribution in [2.45, 2.75) is 13.8 Å². The van der Waals surface area contributed by atoms with E-state index in [-0.39, 0.29) is 0 Å². The summed E-state index contributed by atoms with van der Waals surface area (Å²) in [5.74, 6) is 0. The maximum Gasteiger partial charge on any atom is 0.186 e. The van der Waals surface area contributed by atoms with E-state index in [0.717, 1.165) is 21.5 Å². The second-order valence-corrected chi connectivity index (χ2v) is 4.90. The molecule has 2 N–H and O–H groups in total. The lowest BCUT2D eigenvalue weighted by Crippen LogP contribution is -2.32. The lowest BCUT2D eigenvalue weighted by Gasteiger charge is -2.04. The summed E-state index contributed by atoms with van der Waals surface area (Å²) in [6, 6.07) is 3.78. The highest BCUT2D eigenvalue weighted by Gasteiger charge is 2.01. The van der Waals surface area contributed by atoms with E-state index in [9.17, 15) is 0 Å². The predicted molar refractivity (Wildman–Crippen MR) is 71.0 cm³/mol. The molecular formula is C9H12ClN3S2. The van der Waals surface area contributed by atoms with Crippen molar-refractivity contribution in [3.05, 3.63) is 21.3 Å². The fourth-order valence-corrected chi connectivity index (χ4v) is 2.08. The Kier molecular flexibility index (Phi) is 5.01. The van der Waals surface area contributed by atoms with Crippen molar-refractivity contribution in [3.8, 4) is 0 Å². The number of rotatable bonds is 3. The van der Waals surface area contributed by atoms with E-state index in [4.69, 9.17) is 23.8 Å². The maximum atomic E-state index is 5.82. The standard InChI is InChI=1S/C9H12ClN3S2/c1-3-11-9(14)13-12-6(2)7-4-5-8(10)15-7/h4-5H,3H2,1-2H3,(H2,11,13,14)/b12-6+. The van der Waals surface area contributed by atoms with E-state index in [1.54, 1.807) is 0 Å². The Morgan fingerprint density at radius 3 is 2.87 bits per heavy atom. The van der Waals surface area contributed by atoms with Crippen molar-refractivity contribution in [1.29, 1.82) is 0 Å². The van der Waals surface area contributed by atoms with Gasteiger partial charge in [-0.3, -0.25) is 5.43 Å². The fourth-order valence-electron chi connectivity index (χ4n) is 0.899. The van der Waals surface area contributed by atoms with E-state index in [1.165, 1.54) is 11.3 Å². The first-order valence-electron chi connectivity index (χ1n) is 4.47. The first-order valence-corrected chi connectivity index (χ1v) is 6.07. The minimum absolute atomic E-state index is 0.527. The molecule has 6 heteroatoms. The Morgan fingerprint density at radius 1 is 1.60 bits per heavy atom. The Morgan fingerprint density at radius 2 is 2.33 bits per heavy atom. The van der Waals surface area contributed by atoms with Gasteiger partial charge in [-0.2, -0.15) is 5.10 Å². The molecule has 0 aliphatic carbocycles. The van der Waals surface area contributed by atoms with Gasteiger partial charge in [0.25, 0.3) is 0 Å². The Balaban J connectivity index is 2.56. The number of nitrogens with zero attached hydrogens (tertiary/aromatic N) is 1. The highest BCUT2D eigenvalue weighted by atomic mass is 35.5. The monoisotopic (exact) mass is 261 g/mol. The lowest BCUT2D eigenvalue weighted by molar-refractivity contribution is 0.901. The van der Waals surface area contributed by atoms with Gasteiger partial charge in [-0.05, 0) is 38.2 Å². The molecule has 1 rings (SSSR count). The average molecular weight is 262 g/mol. The third-order valence-corrected chi connectivity index (χ3v) is 3.17. The fraction of sp³-hybridized carbons (Fsp3) is 0.333. The van der Waals surface area contributed by atoms with Crippen LogP contribution in [0.4, 0.5) is 0 Å². The van der Waals surface area contributed by atoms with E-state index >= 15 is 0 Å². The van der Waals surface area contributed by atoms with Gasteiger partial charge in [0, 0.05) is 6.54 Å². The summed E-state index contributed by atoms with van der Waals surface area (Å²) in [6.45, 7) is 4.67. The highest BCUT2D eigenvalue weighted by molar-refractivity contribution is 7.80. The highest BCUT2D eigenvalue weighted by Crippen LogP contribution is 2.21. The zero-order chi connectivity index (χ0) is 11.3. The number of halogens is 1. The number of hydrogen-bond acceptors (Lipinski definition) is 3. The van der Waals surface area contributed by atoms with Crippen LogP contribution in [0.15, 0.2) is 17.2 Å². The van der Waals surface area contributed by atoms with Crippen LogP contribution in [-0.4, -0.2) is 17.4 Å². The second kappa shape index (κ2) is 6.05. The molecule has 0 aliphatic heterocycles. The molecular weight excluding hydrogens is 250 g/mol. The zero-order valence-electron chi connectivity index (χ0n) is 8.50. The molecule has 0 saturated heterocycles. The number of thiophene rings is 1. The van der Waals surface area contributed by atoms with E-state index in [1.807, 2.05) is 26.0 Å². The van der Waals surface area contributed by atoms with E-state index in [0.29, 0.717) is 5.11 Å². The first-order chi connectivity index (χ1) is 7.13. The molecule has 0 amide bonds. The molecule has 0 radical (unpaired) electrons. The van der Waals surface area contributed by atoms with Crippen molar-refractivity contribution < 1.29 is 0 Å². The van der Waals surface area contributed by atoms with E-state index < -0.39 is 0 Å². The van der Waals surface area contributed by atoms with Gasteiger partial charge in [0.1, 0.15) is 0 Å². The molecule has 3 nitrogen and oxygen atoms in total. The normalized spacial score (nSPS) is 11.3. The largest absolute Gasteiger partial charge is 0.362 e. The van der Waals surface area contributed by atoms with Gasteiger partial charge in [-0.15, -0.1) is 11.3 Å². The molecule has 0 saturated carbocycles. The van der Waals surface area contributed by atoms with Crippen LogP contribution >= 0.6 is 35.2 Å². The number of hydrazone groups is 1. The minimum Gasteiger partial charge on any atom is -0.362 e. The molecule has 1 aromatic heterocycles. The predicted octanol–water partition coefficient (Wildman–Crippen LogP) is 2.61. The number of hydrogen-bond donors (Lipinski definition) is 2. The first kappa shape index (κ1) is 12.4. The number of nitrogens with one attached hydrogen (secondary N) is 2. The van der Waals surface area contributed by atoms with Gasteiger partial charge in [-0.25, -0.2) is 0 Å². The summed E-state index contributed by atoms with van der Waals surface area (Å²) in [5.41, 5.74) is 3.63. The van der Waals surface area contributed by atoms with Crippen LogP contribution in [0.5, 0.6) is 0 Å². The van der Waals surface area contributed by atoms with Crippen LogP contribution in [0.2, 0.25) is 4.34 Å². The smallest absolute Gasteiger partial charge is 0.186 e. The third-order valence-electron chi connectivity index (χ3n) is 1.59. The zero-order valence-corrected chi connectivity index (χ0v) is 10.9. The molecule has 1 aromatic rings. The van der Waals surface area contributed by atoms with Gasteiger partial charge in [0.05, 0.1) is 14.9 Å². The topological polar surface area (TPSA) is 36.4 Å². The summed E-state index contributed by atoms with van der Waals surface area (Å²) >= 11 is 12.3. The SMILES string of the molecule is CCNC(=S)N/N=C(\C)c1ccc(Cl)s1. The van der Waals surface area contributed by atoms with Crippen LogP contribution < -0.4 is 10.7 Å². The van der Waals surface area contributed by atoms with Crippen molar-refractivity contribution in [3.63, 3.8) is 0 Å². The summed E-state index contributed by atoms with van der Waals surface area (Å²) in [7, 11) is 0. The van der Waals surface area contributed by atoms with Crippen molar-refractivity contribution in [1.82, 2.24) is 10.7 Å². The van der Waals surface area contributed by atoms with Gasteiger partial charge in [0.15, 0.2) is 5.11 Å². The van der Waals surface area contributed by atoms with Gasteiger partial charge in [-0.1, -0.05) is 11.6 Å². The van der Waals surface area contributed by atoms with Crippen LogP contribution in [0, 0.1) is 0 Å². The molecule has 0 unspecified atom stereocenters. The van der Waals surface area contributed by atoms with Crippen LogP contribution in [0.25, 0.3) is 0 Å². The minimum atomic E-state index is 0.527. The van der Waals surface area contributed by atoms with Crippen LogP contribution in [-0.2, 0) is 0 Å². The van der Waals surface area contributed by atoms with Crippen molar-refractivity contribution in [2.75, 3.05) is 6.54 Å². The molecule has 0 aliphatic rings. The third kappa shape index (κ3) is 4.15. The van der Waals surface area contributed by atoms with Crippen LogP contribution in [0.3, 0.4) is 0 Å². The molecule has 1 heterocycles. The summed E-state index contributed by atoms with van der Waals surface area (Å²) in [5, 5.41) is 7.62. The molecule has 82 valence electrons. The van der Waals surface area contributed by atoms with Gasteiger partial charge >= 0.3 is 0 Å². The lowest BCUT2D eigenvalue weighted by atomic mass is 10.3. The van der Waals surface area contributed by atoms with E-state index in [2.05, 4.69) is 15.8 Å². The molecule has 15 heavy (non-hydrogen) atoms. The Hall–Kier alpha value is -0.650. The van der Waals surface area contributed by atoms with Crippen molar-refractivity contribution in [2.24, 2.45) is 5.10 Å². The quantitative estimate of drug-likeness (QED) is 0.499. The van der Waals surface area contributed by atoms with Crippen LogP contribution in [0.1, 0.15) is 18.7 Å². The Bertz CT molecular complexity index is 373. The molecule has 0 aromatic carbocycles.